The van der Waals surface area contributed by atoms with Crippen molar-refractivity contribution in [3.8, 4) is 5.69 Å². The van der Waals surface area contributed by atoms with Crippen molar-refractivity contribution in [1.82, 2.24) is 9.55 Å². The fourth-order valence-electron chi connectivity index (χ4n) is 1.59. The van der Waals surface area contributed by atoms with Gasteiger partial charge in [0.15, 0.2) is 0 Å². The molecule has 3 nitrogen and oxygen atoms in total. The molecule has 0 saturated heterocycles. The summed E-state index contributed by atoms with van der Waals surface area (Å²) in [5.74, 6) is 0.848. The van der Waals surface area contributed by atoms with Gasteiger partial charge in [-0.05, 0) is 30.7 Å². The van der Waals surface area contributed by atoms with Gasteiger partial charge in [0, 0.05) is 23.1 Å². The Morgan fingerprint density at radius 2 is 2.27 bits per heavy atom. The van der Waals surface area contributed by atoms with Crippen LogP contribution >= 0.6 is 11.6 Å². The van der Waals surface area contributed by atoms with E-state index in [4.69, 9.17) is 17.3 Å². The number of hydrogen-bond donors (Lipinski definition) is 1. The summed E-state index contributed by atoms with van der Waals surface area (Å²) >= 11 is 5.90. The van der Waals surface area contributed by atoms with Crippen molar-refractivity contribution in [2.75, 3.05) is 0 Å². The van der Waals surface area contributed by atoms with Gasteiger partial charge in [-0.25, -0.2) is 4.98 Å². The van der Waals surface area contributed by atoms with E-state index < -0.39 is 0 Å². The molecular weight excluding hydrogens is 210 g/mol. The summed E-state index contributed by atoms with van der Waals surface area (Å²) in [6, 6.07) is 5.76. The van der Waals surface area contributed by atoms with Crippen LogP contribution in [0.2, 0.25) is 5.02 Å². The summed E-state index contributed by atoms with van der Waals surface area (Å²) in [6.45, 7) is 2.44. The molecule has 0 bridgehead atoms. The summed E-state index contributed by atoms with van der Waals surface area (Å²) in [4.78, 5) is 4.18. The average molecular weight is 222 g/mol. The first-order chi connectivity index (χ1) is 7.22. The number of benzene rings is 1. The standard InChI is InChI=1S/C11H12ClN3/c1-8-6-9(12)2-3-10(8)15-5-4-14-11(15)7-13/h2-6H,7,13H2,1H3. The van der Waals surface area contributed by atoms with Crippen LogP contribution in [0.1, 0.15) is 11.4 Å². The quantitative estimate of drug-likeness (QED) is 0.846. The second-order valence-corrected chi connectivity index (χ2v) is 3.78. The van der Waals surface area contributed by atoms with Crippen molar-refractivity contribution in [3.05, 3.63) is 47.0 Å². The van der Waals surface area contributed by atoms with Gasteiger partial charge in [0.2, 0.25) is 0 Å². The van der Waals surface area contributed by atoms with E-state index in [1.165, 1.54) is 0 Å². The van der Waals surface area contributed by atoms with Gasteiger partial charge >= 0.3 is 0 Å². The van der Waals surface area contributed by atoms with Crippen molar-refractivity contribution in [3.63, 3.8) is 0 Å². The third kappa shape index (κ3) is 1.89. The molecule has 0 aliphatic rings. The SMILES string of the molecule is Cc1cc(Cl)ccc1-n1ccnc1CN. The number of imidazole rings is 1. The molecule has 0 atom stereocenters. The highest BCUT2D eigenvalue weighted by Crippen LogP contribution is 2.19. The molecule has 0 aliphatic carbocycles. The Morgan fingerprint density at radius 3 is 2.93 bits per heavy atom. The molecule has 0 unspecified atom stereocenters. The van der Waals surface area contributed by atoms with Crippen molar-refractivity contribution in [2.24, 2.45) is 5.73 Å². The van der Waals surface area contributed by atoms with Crippen molar-refractivity contribution in [2.45, 2.75) is 13.5 Å². The van der Waals surface area contributed by atoms with Crippen molar-refractivity contribution < 1.29 is 0 Å². The zero-order valence-corrected chi connectivity index (χ0v) is 9.20. The second kappa shape index (κ2) is 4.04. The minimum atomic E-state index is 0.426. The maximum absolute atomic E-state index is 5.90. The molecule has 1 aromatic carbocycles. The van der Waals surface area contributed by atoms with E-state index in [9.17, 15) is 0 Å². The zero-order valence-electron chi connectivity index (χ0n) is 8.44. The summed E-state index contributed by atoms with van der Waals surface area (Å²) in [7, 11) is 0. The van der Waals surface area contributed by atoms with E-state index in [2.05, 4.69) is 4.98 Å². The van der Waals surface area contributed by atoms with E-state index in [0.29, 0.717) is 6.54 Å². The first kappa shape index (κ1) is 10.2. The lowest BCUT2D eigenvalue weighted by Crippen LogP contribution is -2.07. The van der Waals surface area contributed by atoms with Crippen LogP contribution in [0, 0.1) is 6.92 Å². The molecule has 15 heavy (non-hydrogen) atoms. The number of nitrogens with zero attached hydrogens (tertiary/aromatic N) is 2. The fourth-order valence-corrected chi connectivity index (χ4v) is 1.82. The van der Waals surface area contributed by atoms with Crippen LogP contribution in [-0.4, -0.2) is 9.55 Å². The lowest BCUT2D eigenvalue weighted by Gasteiger charge is -2.09. The van der Waals surface area contributed by atoms with Gasteiger partial charge in [-0.1, -0.05) is 11.6 Å². The van der Waals surface area contributed by atoms with Crippen molar-refractivity contribution in [1.29, 1.82) is 0 Å². The molecular formula is C11H12ClN3. The Morgan fingerprint density at radius 1 is 1.47 bits per heavy atom. The van der Waals surface area contributed by atoms with Gasteiger partial charge in [0.05, 0.1) is 6.54 Å². The number of hydrogen-bond acceptors (Lipinski definition) is 2. The molecule has 4 heteroatoms. The highest BCUT2D eigenvalue weighted by atomic mass is 35.5. The summed E-state index contributed by atoms with van der Waals surface area (Å²) in [6.07, 6.45) is 3.65. The molecule has 0 radical (unpaired) electrons. The van der Waals surface area contributed by atoms with Crippen LogP contribution in [0.3, 0.4) is 0 Å². The third-order valence-electron chi connectivity index (χ3n) is 2.32. The second-order valence-electron chi connectivity index (χ2n) is 3.35. The van der Waals surface area contributed by atoms with Crippen LogP contribution in [0.25, 0.3) is 5.69 Å². The maximum Gasteiger partial charge on any atom is 0.126 e. The first-order valence-electron chi connectivity index (χ1n) is 4.71. The number of rotatable bonds is 2. The van der Waals surface area contributed by atoms with E-state index in [-0.39, 0.29) is 0 Å². The van der Waals surface area contributed by atoms with Gasteiger partial charge in [0.1, 0.15) is 5.82 Å². The van der Waals surface area contributed by atoms with Gasteiger partial charge in [-0.3, -0.25) is 0 Å². The Bertz CT molecular complexity index is 476. The lowest BCUT2D eigenvalue weighted by molar-refractivity contribution is 0.863. The van der Waals surface area contributed by atoms with Crippen LogP contribution in [-0.2, 0) is 6.54 Å². The summed E-state index contributed by atoms with van der Waals surface area (Å²) < 4.78 is 1.98. The first-order valence-corrected chi connectivity index (χ1v) is 5.09. The molecule has 0 saturated carbocycles. The Kier molecular flexibility index (Phi) is 2.75. The molecule has 2 N–H and O–H groups in total. The predicted molar refractivity (Wildman–Crippen MR) is 61.2 cm³/mol. The third-order valence-corrected chi connectivity index (χ3v) is 2.55. The molecule has 78 valence electrons. The van der Waals surface area contributed by atoms with E-state index in [1.54, 1.807) is 6.20 Å². The monoisotopic (exact) mass is 221 g/mol. The average Bonchev–Trinajstić information content (AvgIpc) is 2.65. The lowest BCUT2D eigenvalue weighted by atomic mass is 10.2. The number of halogens is 1. The molecule has 0 amide bonds. The molecule has 0 aliphatic heterocycles. The number of aryl methyl sites for hydroxylation is 1. The van der Waals surface area contributed by atoms with Gasteiger partial charge in [0.25, 0.3) is 0 Å². The zero-order chi connectivity index (χ0) is 10.8. The minimum absolute atomic E-state index is 0.426. The summed E-state index contributed by atoms with van der Waals surface area (Å²) in [5, 5.41) is 0.741. The van der Waals surface area contributed by atoms with Crippen LogP contribution < -0.4 is 5.73 Å². The smallest absolute Gasteiger partial charge is 0.126 e. The largest absolute Gasteiger partial charge is 0.324 e. The Balaban J connectivity index is 2.54. The minimum Gasteiger partial charge on any atom is -0.324 e. The maximum atomic E-state index is 5.90. The molecule has 0 spiro atoms. The van der Waals surface area contributed by atoms with Crippen LogP contribution in [0.15, 0.2) is 30.6 Å². The van der Waals surface area contributed by atoms with E-state index in [0.717, 1.165) is 22.1 Å². The highest BCUT2D eigenvalue weighted by Gasteiger charge is 2.05. The number of nitrogens with two attached hydrogens (primary N) is 1. The Labute approximate surface area is 93.5 Å². The Hall–Kier alpha value is -1.32. The molecule has 1 heterocycles. The fraction of sp³-hybridized carbons (Fsp3) is 0.182. The van der Waals surface area contributed by atoms with E-state index in [1.807, 2.05) is 35.9 Å². The summed E-state index contributed by atoms with van der Waals surface area (Å²) in [5.41, 5.74) is 7.78. The van der Waals surface area contributed by atoms with Crippen molar-refractivity contribution >= 4 is 11.6 Å². The molecule has 0 fully saturated rings. The topological polar surface area (TPSA) is 43.8 Å². The van der Waals surface area contributed by atoms with Gasteiger partial charge < -0.3 is 10.3 Å². The van der Waals surface area contributed by atoms with E-state index >= 15 is 0 Å². The molecule has 1 aromatic heterocycles. The highest BCUT2D eigenvalue weighted by molar-refractivity contribution is 6.30. The van der Waals surface area contributed by atoms with Gasteiger partial charge in [-0.15, -0.1) is 0 Å². The van der Waals surface area contributed by atoms with Gasteiger partial charge in [-0.2, -0.15) is 0 Å². The van der Waals surface area contributed by atoms with Crippen LogP contribution in [0.5, 0.6) is 0 Å². The van der Waals surface area contributed by atoms with Crippen LogP contribution in [0.4, 0.5) is 0 Å². The predicted octanol–water partition coefficient (Wildman–Crippen LogP) is 2.29. The normalized spacial score (nSPS) is 10.6. The molecule has 2 rings (SSSR count). The number of aromatic nitrogens is 2. The molecule has 2 aromatic rings.